The molecule has 0 saturated carbocycles. The first-order valence-electron chi connectivity index (χ1n) is 8.73. The van der Waals surface area contributed by atoms with Crippen LogP contribution in [0.2, 0.25) is 0 Å². The molecule has 0 spiro atoms. The first-order valence-corrected chi connectivity index (χ1v) is 8.73. The Balaban J connectivity index is 1.73. The van der Waals surface area contributed by atoms with Crippen molar-refractivity contribution in [3.05, 3.63) is 18.0 Å². The number of ether oxygens (including phenoxy) is 1. The van der Waals surface area contributed by atoms with Crippen LogP contribution < -0.4 is 0 Å². The van der Waals surface area contributed by atoms with Gasteiger partial charge in [0.1, 0.15) is 6.04 Å². The maximum atomic E-state index is 12.9. The van der Waals surface area contributed by atoms with Crippen molar-refractivity contribution in [3.8, 4) is 0 Å². The smallest absolute Gasteiger partial charge is 0.249 e. The van der Waals surface area contributed by atoms with E-state index in [0.29, 0.717) is 51.7 Å². The Bertz CT molecular complexity index is 592. The Hall–Kier alpha value is -1.89. The summed E-state index contributed by atoms with van der Waals surface area (Å²) in [6, 6.07) is 1.46. The summed E-state index contributed by atoms with van der Waals surface area (Å²) in [5, 5.41) is 4.32. The van der Waals surface area contributed by atoms with Crippen molar-refractivity contribution < 1.29 is 14.3 Å². The summed E-state index contributed by atoms with van der Waals surface area (Å²) in [7, 11) is 0. The van der Waals surface area contributed by atoms with Gasteiger partial charge in [-0.2, -0.15) is 5.10 Å². The monoisotopic (exact) mass is 334 g/mol. The molecule has 2 aliphatic heterocycles. The molecule has 1 saturated heterocycles. The van der Waals surface area contributed by atoms with E-state index in [2.05, 4.69) is 18.9 Å². The highest BCUT2D eigenvalue weighted by atomic mass is 16.5. The predicted molar refractivity (Wildman–Crippen MR) is 88.2 cm³/mol. The zero-order valence-electron chi connectivity index (χ0n) is 14.5. The summed E-state index contributed by atoms with van der Waals surface area (Å²) in [6.45, 7) is 7.52. The van der Waals surface area contributed by atoms with Gasteiger partial charge in [-0.25, -0.2) is 0 Å². The first-order chi connectivity index (χ1) is 11.6. The standard InChI is InChI=1S/C17H26N4O3/c1-13(2)3-4-16(22)20-11-14-5-6-18-21(14)15(12-20)17(23)19-7-9-24-10-8-19/h5-6,13,15H,3-4,7-12H2,1-2H3/t15-/m1/s1. The van der Waals surface area contributed by atoms with Crippen LogP contribution in [0.5, 0.6) is 0 Å². The minimum atomic E-state index is -0.426. The molecule has 0 N–H and O–H groups in total. The van der Waals surface area contributed by atoms with Crippen molar-refractivity contribution in [2.75, 3.05) is 32.8 Å². The Morgan fingerprint density at radius 1 is 1.29 bits per heavy atom. The number of amides is 2. The van der Waals surface area contributed by atoms with Gasteiger partial charge in [-0.3, -0.25) is 14.3 Å². The van der Waals surface area contributed by atoms with Gasteiger partial charge in [-0.1, -0.05) is 13.8 Å². The Morgan fingerprint density at radius 2 is 2.04 bits per heavy atom. The number of carbonyl (C=O) groups is 2. The van der Waals surface area contributed by atoms with Crippen LogP contribution in [-0.2, 0) is 20.9 Å². The predicted octanol–water partition coefficient (Wildman–Crippen LogP) is 1.06. The second kappa shape index (κ2) is 7.34. The van der Waals surface area contributed by atoms with Gasteiger partial charge < -0.3 is 14.5 Å². The van der Waals surface area contributed by atoms with Gasteiger partial charge in [0.2, 0.25) is 11.8 Å². The van der Waals surface area contributed by atoms with Crippen molar-refractivity contribution in [1.29, 1.82) is 0 Å². The molecule has 0 bridgehead atoms. The molecule has 0 aliphatic carbocycles. The van der Waals surface area contributed by atoms with E-state index in [1.807, 2.05) is 15.9 Å². The Morgan fingerprint density at radius 3 is 2.75 bits per heavy atom. The van der Waals surface area contributed by atoms with E-state index in [9.17, 15) is 9.59 Å². The van der Waals surface area contributed by atoms with Gasteiger partial charge in [0.05, 0.1) is 32.0 Å². The highest BCUT2D eigenvalue weighted by molar-refractivity contribution is 5.83. The molecule has 1 atom stereocenters. The van der Waals surface area contributed by atoms with Gasteiger partial charge in [0, 0.05) is 25.7 Å². The number of aromatic nitrogens is 2. The highest BCUT2D eigenvalue weighted by Crippen LogP contribution is 2.24. The van der Waals surface area contributed by atoms with E-state index >= 15 is 0 Å². The molecule has 0 aromatic carbocycles. The molecule has 7 heteroatoms. The average Bonchev–Trinajstić information content (AvgIpc) is 3.07. The summed E-state index contributed by atoms with van der Waals surface area (Å²) in [4.78, 5) is 29.1. The summed E-state index contributed by atoms with van der Waals surface area (Å²) in [5.74, 6) is 0.649. The van der Waals surface area contributed by atoms with Gasteiger partial charge in [0.15, 0.2) is 0 Å². The van der Waals surface area contributed by atoms with Crippen molar-refractivity contribution in [1.82, 2.24) is 19.6 Å². The zero-order chi connectivity index (χ0) is 17.1. The van der Waals surface area contributed by atoms with Crippen molar-refractivity contribution in [2.45, 2.75) is 39.3 Å². The van der Waals surface area contributed by atoms with Crippen molar-refractivity contribution in [2.24, 2.45) is 5.92 Å². The number of hydrogen-bond donors (Lipinski definition) is 0. The van der Waals surface area contributed by atoms with Crippen LogP contribution in [0.1, 0.15) is 38.4 Å². The minimum absolute atomic E-state index is 0.0320. The molecule has 0 unspecified atom stereocenters. The Labute approximate surface area is 142 Å². The number of hydrogen-bond acceptors (Lipinski definition) is 4. The second-order valence-corrected chi connectivity index (χ2v) is 6.93. The number of fused-ring (bicyclic) bond motifs is 1. The molecule has 0 radical (unpaired) electrons. The highest BCUT2D eigenvalue weighted by Gasteiger charge is 2.35. The maximum Gasteiger partial charge on any atom is 0.249 e. The SMILES string of the molecule is CC(C)CCC(=O)N1Cc2ccnn2[C@@H](C(=O)N2CCOCC2)C1. The summed E-state index contributed by atoms with van der Waals surface area (Å²) in [6.07, 6.45) is 3.11. The summed E-state index contributed by atoms with van der Waals surface area (Å²) >= 11 is 0. The number of nitrogens with zero attached hydrogens (tertiary/aromatic N) is 4. The zero-order valence-corrected chi connectivity index (χ0v) is 14.5. The summed E-state index contributed by atoms with van der Waals surface area (Å²) < 4.78 is 7.11. The average molecular weight is 334 g/mol. The van der Waals surface area contributed by atoms with Gasteiger partial charge >= 0.3 is 0 Å². The molecular weight excluding hydrogens is 308 g/mol. The van der Waals surface area contributed by atoms with Crippen molar-refractivity contribution >= 4 is 11.8 Å². The molecule has 132 valence electrons. The largest absolute Gasteiger partial charge is 0.378 e. The van der Waals surface area contributed by atoms with Crippen LogP contribution in [0.3, 0.4) is 0 Å². The summed E-state index contributed by atoms with van der Waals surface area (Å²) in [5.41, 5.74) is 0.922. The second-order valence-electron chi connectivity index (χ2n) is 6.93. The molecule has 3 rings (SSSR count). The number of carbonyl (C=O) groups excluding carboxylic acids is 2. The van der Waals surface area contributed by atoms with E-state index < -0.39 is 6.04 Å². The lowest BCUT2D eigenvalue weighted by Crippen LogP contribution is -2.50. The molecule has 1 aromatic rings. The third-order valence-electron chi connectivity index (χ3n) is 4.69. The third-order valence-corrected chi connectivity index (χ3v) is 4.69. The lowest BCUT2D eigenvalue weighted by molar-refractivity contribution is -0.143. The quantitative estimate of drug-likeness (QED) is 0.826. The van der Waals surface area contributed by atoms with Crippen LogP contribution in [0.25, 0.3) is 0 Å². The molecule has 7 nitrogen and oxygen atoms in total. The molecule has 24 heavy (non-hydrogen) atoms. The molecule has 2 amide bonds. The lowest BCUT2D eigenvalue weighted by atomic mass is 10.1. The van der Waals surface area contributed by atoms with E-state index in [1.54, 1.807) is 10.9 Å². The maximum absolute atomic E-state index is 12.9. The fraction of sp³-hybridized carbons (Fsp3) is 0.706. The molecule has 1 fully saturated rings. The molecule has 1 aromatic heterocycles. The first kappa shape index (κ1) is 17.0. The minimum Gasteiger partial charge on any atom is -0.378 e. The van der Waals surface area contributed by atoms with E-state index in [0.717, 1.165) is 12.1 Å². The number of rotatable bonds is 4. The van der Waals surface area contributed by atoms with Crippen LogP contribution in [-0.4, -0.2) is 64.2 Å². The molecule has 2 aliphatic rings. The van der Waals surface area contributed by atoms with Gasteiger partial charge in [-0.15, -0.1) is 0 Å². The molecule has 3 heterocycles. The van der Waals surface area contributed by atoms with Crippen molar-refractivity contribution in [3.63, 3.8) is 0 Å². The van der Waals surface area contributed by atoms with E-state index in [1.165, 1.54) is 0 Å². The van der Waals surface area contributed by atoms with Crippen LogP contribution in [0, 0.1) is 5.92 Å². The normalized spacial score (nSPS) is 21.0. The van der Waals surface area contributed by atoms with Gasteiger partial charge in [0.25, 0.3) is 0 Å². The van der Waals surface area contributed by atoms with E-state index in [4.69, 9.17) is 4.74 Å². The molecular formula is C17H26N4O3. The van der Waals surface area contributed by atoms with Crippen LogP contribution >= 0.6 is 0 Å². The fourth-order valence-electron chi connectivity index (χ4n) is 3.23. The topological polar surface area (TPSA) is 67.7 Å². The van der Waals surface area contributed by atoms with E-state index in [-0.39, 0.29) is 11.8 Å². The van der Waals surface area contributed by atoms with Crippen LogP contribution in [0.15, 0.2) is 12.3 Å². The van der Waals surface area contributed by atoms with Gasteiger partial charge in [-0.05, 0) is 18.4 Å². The lowest BCUT2D eigenvalue weighted by Gasteiger charge is -2.37. The third kappa shape index (κ3) is 3.61. The Kier molecular flexibility index (Phi) is 5.18. The van der Waals surface area contributed by atoms with Crippen LogP contribution in [0.4, 0.5) is 0 Å². The number of morpholine rings is 1. The fourth-order valence-corrected chi connectivity index (χ4v) is 3.23.